The number of benzene rings is 2. The van der Waals surface area contributed by atoms with E-state index in [-0.39, 0.29) is 5.56 Å². The number of nitrogens with zero attached hydrogens (tertiary/aromatic N) is 3. The summed E-state index contributed by atoms with van der Waals surface area (Å²) >= 11 is 7.43. The second kappa shape index (κ2) is 8.41. The quantitative estimate of drug-likeness (QED) is 0.603. The third-order valence-corrected chi connectivity index (χ3v) is 6.02. The normalized spacial score (nSPS) is 13.6. The smallest absolute Gasteiger partial charge is 0.271 e. The summed E-state index contributed by atoms with van der Waals surface area (Å²) in [5.74, 6) is 1.61. The zero-order valence-electron chi connectivity index (χ0n) is 16.7. The number of anilines is 1. The van der Waals surface area contributed by atoms with Gasteiger partial charge in [0.05, 0.1) is 25.9 Å². The molecule has 2 heterocycles. The number of halogens is 1. The van der Waals surface area contributed by atoms with Crippen LogP contribution in [0.15, 0.2) is 46.2 Å². The lowest BCUT2D eigenvalue weighted by atomic mass is 10.2. The SMILES string of the molecule is COc1cc(N2CN=c3sc(=Cc4cccc(Cl)c4)c(=O)n3C2)cc(OC)c1OC. The van der Waals surface area contributed by atoms with Crippen LogP contribution in [0.2, 0.25) is 5.02 Å². The van der Waals surface area contributed by atoms with Crippen molar-refractivity contribution >= 4 is 34.7 Å². The lowest BCUT2D eigenvalue weighted by molar-refractivity contribution is 0.324. The Kier molecular flexibility index (Phi) is 5.69. The van der Waals surface area contributed by atoms with Gasteiger partial charge in [0.15, 0.2) is 16.3 Å². The van der Waals surface area contributed by atoms with E-state index in [0.29, 0.717) is 44.9 Å². The van der Waals surface area contributed by atoms with Crippen molar-refractivity contribution < 1.29 is 14.2 Å². The number of aromatic nitrogens is 1. The second-order valence-electron chi connectivity index (χ2n) is 6.55. The van der Waals surface area contributed by atoms with Gasteiger partial charge in [-0.05, 0) is 23.8 Å². The van der Waals surface area contributed by atoms with Crippen LogP contribution < -0.4 is 34.0 Å². The molecule has 0 amide bonds. The third-order valence-electron chi connectivity index (χ3n) is 4.74. The van der Waals surface area contributed by atoms with Crippen LogP contribution in [-0.4, -0.2) is 32.6 Å². The number of methoxy groups -OCH3 is 3. The summed E-state index contributed by atoms with van der Waals surface area (Å²) in [6.07, 6.45) is 1.84. The largest absolute Gasteiger partial charge is 0.493 e. The van der Waals surface area contributed by atoms with Crippen LogP contribution in [0, 0.1) is 0 Å². The molecule has 4 rings (SSSR count). The van der Waals surface area contributed by atoms with E-state index in [9.17, 15) is 4.79 Å². The van der Waals surface area contributed by atoms with Crippen molar-refractivity contribution in [1.29, 1.82) is 0 Å². The molecule has 30 heavy (non-hydrogen) atoms. The zero-order chi connectivity index (χ0) is 21.3. The van der Waals surface area contributed by atoms with Crippen LogP contribution in [0.4, 0.5) is 5.69 Å². The van der Waals surface area contributed by atoms with Gasteiger partial charge in [-0.1, -0.05) is 35.1 Å². The van der Waals surface area contributed by atoms with Gasteiger partial charge < -0.3 is 19.1 Å². The Labute approximate surface area is 182 Å². The Morgan fingerprint density at radius 2 is 1.83 bits per heavy atom. The van der Waals surface area contributed by atoms with E-state index >= 15 is 0 Å². The number of thiazole rings is 1. The summed E-state index contributed by atoms with van der Waals surface area (Å²) in [5.41, 5.74) is 1.61. The summed E-state index contributed by atoms with van der Waals surface area (Å²) in [6, 6.07) is 11.1. The average Bonchev–Trinajstić information content (AvgIpc) is 3.07. The molecule has 2 aromatic carbocycles. The zero-order valence-corrected chi connectivity index (χ0v) is 18.3. The maximum atomic E-state index is 13.0. The highest BCUT2D eigenvalue weighted by Crippen LogP contribution is 2.41. The first kappa shape index (κ1) is 20.3. The van der Waals surface area contributed by atoms with Gasteiger partial charge >= 0.3 is 0 Å². The Morgan fingerprint density at radius 1 is 1.10 bits per heavy atom. The molecule has 0 fully saturated rings. The van der Waals surface area contributed by atoms with Gasteiger partial charge in [0.25, 0.3) is 5.56 Å². The highest BCUT2D eigenvalue weighted by Gasteiger charge is 2.20. The van der Waals surface area contributed by atoms with E-state index in [1.807, 2.05) is 41.3 Å². The summed E-state index contributed by atoms with van der Waals surface area (Å²) in [5, 5.41) is 0.628. The molecule has 1 aliphatic rings. The van der Waals surface area contributed by atoms with Gasteiger partial charge in [-0.25, -0.2) is 4.99 Å². The highest BCUT2D eigenvalue weighted by atomic mass is 35.5. The van der Waals surface area contributed by atoms with Crippen LogP contribution in [0.25, 0.3) is 6.08 Å². The van der Waals surface area contributed by atoms with Gasteiger partial charge in [0.2, 0.25) is 5.75 Å². The van der Waals surface area contributed by atoms with E-state index in [2.05, 4.69) is 4.99 Å². The number of fused-ring (bicyclic) bond motifs is 1. The fourth-order valence-electron chi connectivity index (χ4n) is 3.27. The maximum absolute atomic E-state index is 13.0. The predicted octanol–water partition coefficient (Wildman–Crippen LogP) is 2.47. The number of hydrogen-bond donors (Lipinski definition) is 0. The third kappa shape index (κ3) is 3.76. The van der Waals surface area contributed by atoms with Crippen molar-refractivity contribution in [1.82, 2.24) is 4.57 Å². The van der Waals surface area contributed by atoms with Gasteiger partial charge in [0.1, 0.15) is 13.3 Å². The number of rotatable bonds is 5. The molecule has 0 saturated carbocycles. The highest BCUT2D eigenvalue weighted by molar-refractivity contribution is 7.07. The van der Waals surface area contributed by atoms with E-state index in [1.54, 1.807) is 32.0 Å². The van der Waals surface area contributed by atoms with E-state index in [0.717, 1.165) is 11.3 Å². The minimum atomic E-state index is -0.0872. The van der Waals surface area contributed by atoms with Crippen molar-refractivity contribution in [3.05, 3.63) is 66.7 Å². The first-order chi connectivity index (χ1) is 14.5. The van der Waals surface area contributed by atoms with Crippen molar-refractivity contribution in [3.63, 3.8) is 0 Å². The molecular formula is C21H20ClN3O4S. The van der Waals surface area contributed by atoms with Crippen LogP contribution in [0.3, 0.4) is 0 Å². The van der Waals surface area contributed by atoms with Gasteiger partial charge in [-0.15, -0.1) is 0 Å². The minimum absolute atomic E-state index is 0.0872. The van der Waals surface area contributed by atoms with Gasteiger partial charge in [-0.2, -0.15) is 0 Å². The van der Waals surface area contributed by atoms with Gasteiger partial charge in [0, 0.05) is 22.8 Å². The Balaban J connectivity index is 1.71. The molecule has 0 unspecified atom stereocenters. The summed E-state index contributed by atoms with van der Waals surface area (Å²) < 4.78 is 18.5. The molecule has 9 heteroatoms. The average molecular weight is 446 g/mol. The van der Waals surface area contributed by atoms with E-state index in [1.165, 1.54) is 11.3 Å². The number of ether oxygens (including phenoxy) is 3. The van der Waals surface area contributed by atoms with Crippen molar-refractivity contribution in [2.75, 3.05) is 32.9 Å². The fraction of sp³-hybridized carbons (Fsp3) is 0.238. The molecular weight excluding hydrogens is 426 g/mol. The van der Waals surface area contributed by atoms with Crippen molar-refractivity contribution in [3.8, 4) is 17.2 Å². The number of hydrogen-bond acceptors (Lipinski definition) is 7. The lowest BCUT2D eigenvalue weighted by Crippen LogP contribution is -2.42. The van der Waals surface area contributed by atoms with Crippen LogP contribution in [0.1, 0.15) is 5.56 Å². The van der Waals surface area contributed by atoms with Crippen molar-refractivity contribution in [2.45, 2.75) is 6.67 Å². The molecule has 0 aliphatic carbocycles. The second-order valence-corrected chi connectivity index (χ2v) is 7.99. The lowest BCUT2D eigenvalue weighted by Gasteiger charge is -2.27. The Bertz CT molecular complexity index is 1240. The molecule has 7 nitrogen and oxygen atoms in total. The molecule has 3 aromatic rings. The molecule has 1 aliphatic heterocycles. The summed E-state index contributed by atoms with van der Waals surface area (Å²) in [7, 11) is 4.70. The maximum Gasteiger partial charge on any atom is 0.271 e. The summed E-state index contributed by atoms with van der Waals surface area (Å²) in [6.45, 7) is 0.783. The van der Waals surface area contributed by atoms with E-state index in [4.69, 9.17) is 25.8 Å². The molecule has 0 bridgehead atoms. The molecule has 0 N–H and O–H groups in total. The topological polar surface area (TPSA) is 65.3 Å². The molecule has 156 valence electrons. The molecule has 1 aromatic heterocycles. The Hall–Kier alpha value is -2.97. The van der Waals surface area contributed by atoms with Crippen molar-refractivity contribution in [2.24, 2.45) is 4.99 Å². The Morgan fingerprint density at radius 3 is 2.47 bits per heavy atom. The van der Waals surface area contributed by atoms with Crippen LogP contribution in [-0.2, 0) is 6.67 Å². The molecule has 0 spiro atoms. The fourth-order valence-corrected chi connectivity index (χ4v) is 4.43. The standard InChI is InChI=1S/C21H20ClN3O4S/c1-27-16-9-15(10-17(28-2)19(16)29-3)24-11-23-21-25(12-24)20(26)18(30-21)8-13-5-4-6-14(22)7-13/h4-10H,11-12H2,1-3H3. The van der Waals surface area contributed by atoms with E-state index < -0.39 is 0 Å². The molecule has 0 saturated heterocycles. The molecule has 0 radical (unpaired) electrons. The molecule has 0 atom stereocenters. The predicted molar refractivity (Wildman–Crippen MR) is 118 cm³/mol. The monoisotopic (exact) mass is 445 g/mol. The van der Waals surface area contributed by atoms with Crippen LogP contribution >= 0.6 is 22.9 Å². The first-order valence-electron chi connectivity index (χ1n) is 9.10. The summed E-state index contributed by atoms with van der Waals surface area (Å²) in [4.78, 5) is 20.2. The van der Waals surface area contributed by atoms with Gasteiger partial charge in [-0.3, -0.25) is 9.36 Å². The van der Waals surface area contributed by atoms with Crippen LogP contribution in [0.5, 0.6) is 17.2 Å². The first-order valence-corrected chi connectivity index (χ1v) is 10.3. The minimum Gasteiger partial charge on any atom is -0.493 e.